The van der Waals surface area contributed by atoms with Gasteiger partial charge < -0.3 is 24.3 Å². The minimum absolute atomic E-state index is 0.101. The van der Waals surface area contributed by atoms with Crippen LogP contribution in [0.1, 0.15) is 31.9 Å². The van der Waals surface area contributed by atoms with Gasteiger partial charge >= 0.3 is 6.09 Å². The van der Waals surface area contributed by atoms with E-state index in [1.165, 1.54) is 0 Å². The van der Waals surface area contributed by atoms with Crippen molar-refractivity contribution in [3.05, 3.63) is 72.0 Å². The Bertz CT molecular complexity index is 935. The summed E-state index contributed by atoms with van der Waals surface area (Å²) in [5, 5.41) is 3.05. The Morgan fingerprint density at radius 3 is 2.65 bits per heavy atom. The van der Waals surface area contributed by atoms with Crippen LogP contribution in [0.2, 0.25) is 0 Å². The summed E-state index contributed by atoms with van der Waals surface area (Å²) in [4.78, 5) is 12.6. The van der Waals surface area contributed by atoms with Gasteiger partial charge in [0.25, 0.3) is 0 Å². The monoisotopic (exact) mass is 423 g/mol. The van der Waals surface area contributed by atoms with Crippen LogP contribution in [0.5, 0.6) is 11.5 Å². The molecule has 0 aliphatic carbocycles. The van der Waals surface area contributed by atoms with Crippen LogP contribution < -0.4 is 14.8 Å². The normalized spacial score (nSPS) is 20.2. The van der Waals surface area contributed by atoms with E-state index in [2.05, 4.69) is 23.5 Å². The number of nitrogens with one attached hydrogen (secondary N) is 1. The second kappa shape index (κ2) is 8.92. The fourth-order valence-electron chi connectivity index (χ4n) is 3.94. The van der Waals surface area contributed by atoms with Crippen molar-refractivity contribution in [3.63, 3.8) is 0 Å². The molecule has 3 atom stereocenters. The van der Waals surface area contributed by atoms with Crippen molar-refractivity contribution in [1.82, 2.24) is 5.32 Å². The Hall–Kier alpha value is -3.15. The molecule has 0 saturated carbocycles. The Kier molecular flexibility index (Phi) is 6.07. The first-order valence-electron chi connectivity index (χ1n) is 10.6. The fourth-order valence-corrected chi connectivity index (χ4v) is 3.94. The van der Waals surface area contributed by atoms with Crippen LogP contribution in [0.4, 0.5) is 4.79 Å². The van der Waals surface area contributed by atoms with Crippen molar-refractivity contribution in [2.75, 3.05) is 6.79 Å². The molecule has 2 aliphatic rings. The Morgan fingerprint density at radius 1 is 1.10 bits per heavy atom. The van der Waals surface area contributed by atoms with Gasteiger partial charge in [-0.25, -0.2) is 4.79 Å². The molecule has 0 aromatic heterocycles. The van der Waals surface area contributed by atoms with E-state index in [1.807, 2.05) is 57.2 Å². The molecule has 2 aromatic carbocycles. The van der Waals surface area contributed by atoms with Gasteiger partial charge in [-0.15, -0.1) is 0 Å². The average molecular weight is 424 g/mol. The zero-order chi connectivity index (χ0) is 21.8. The van der Waals surface area contributed by atoms with Gasteiger partial charge in [0, 0.05) is 5.92 Å². The molecule has 1 amide bonds. The molecule has 1 N–H and O–H groups in total. The molecule has 6 nitrogen and oxygen atoms in total. The third-order valence-corrected chi connectivity index (χ3v) is 5.29. The van der Waals surface area contributed by atoms with Crippen molar-refractivity contribution < 1.29 is 23.7 Å². The van der Waals surface area contributed by atoms with Gasteiger partial charge in [-0.3, -0.25) is 0 Å². The topological polar surface area (TPSA) is 66.0 Å². The first-order valence-corrected chi connectivity index (χ1v) is 10.6. The van der Waals surface area contributed by atoms with E-state index < -0.39 is 11.7 Å². The smallest absolute Gasteiger partial charge is 0.408 e. The van der Waals surface area contributed by atoms with Crippen LogP contribution in [0.3, 0.4) is 0 Å². The van der Waals surface area contributed by atoms with Crippen LogP contribution in [0, 0.1) is 5.92 Å². The van der Waals surface area contributed by atoms with Crippen LogP contribution in [-0.2, 0) is 22.3 Å². The van der Waals surface area contributed by atoms with Crippen molar-refractivity contribution in [1.29, 1.82) is 0 Å². The minimum Gasteiger partial charge on any atom is -0.496 e. The summed E-state index contributed by atoms with van der Waals surface area (Å²) in [6, 6.07) is 15.8. The number of ether oxygens (including phenoxy) is 4. The highest BCUT2D eigenvalue weighted by atomic mass is 16.7. The quantitative estimate of drug-likeness (QED) is 0.734. The number of amides is 1. The zero-order valence-electron chi connectivity index (χ0n) is 18.2. The number of hydrogen-bond donors (Lipinski definition) is 1. The molecule has 6 heteroatoms. The van der Waals surface area contributed by atoms with Gasteiger partial charge in [0.05, 0.1) is 12.3 Å². The summed E-state index contributed by atoms with van der Waals surface area (Å²) in [7, 11) is 0. The van der Waals surface area contributed by atoms with Crippen molar-refractivity contribution in [2.45, 2.75) is 51.4 Å². The predicted octanol–water partition coefficient (Wildman–Crippen LogP) is 4.62. The van der Waals surface area contributed by atoms with E-state index in [0.29, 0.717) is 6.42 Å². The third kappa shape index (κ3) is 5.51. The number of benzene rings is 2. The van der Waals surface area contributed by atoms with Crippen LogP contribution >= 0.6 is 0 Å². The molecule has 0 saturated heterocycles. The van der Waals surface area contributed by atoms with Gasteiger partial charge in [-0.1, -0.05) is 36.4 Å². The Balaban J connectivity index is 1.50. The standard InChI is InChI=1S/C25H29NO5/c1-25(2,3)31-24(27)26-20(14-17-7-5-4-6-8-17)23-19(11-12-28-23)13-18-9-10-21-22(15-18)30-16-29-21/h4-12,15,19-20,23H,13-14,16H2,1-3H3,(H,26,27)/t19-,20-,23-/m0/s1. The maximum atomic E-state index is 12.6. The van der Waals surface area contributed by atoms with Gasteiger partial charge in [0.15, 0.2) is 11.5 Å². The molecule has 2 aliphatic heterocycles. The highest BCUT2D eigenvalue weighted by Gasteiger charge is 2.35. The SMILES string of the molecule is CC(C)(C)OC(=O)N[C@@H](Cc1ccccc1)[C@H]1OC=C[C@H]1Cc1ccc2c(c1)OCO2. The van der Waals surface area contributed by atoms with Gasteiger partial charge in [-0.2, -0.15) is 0 Å². The summed E-state index contributed by atoms with van der Waals surface area (Å²) in [5.74, 6) is 1.64. The van der Waals surface area contributed by atoms with E-state index in [0.717, 1.165) is 29.0 Å². The molecule has 0 radical (unpaired) electrons. The number of carbonyl (C=O) groups excluding carboxylic acids is 1. The summed E-state index contributed by atoms with van der Waals surface area (Å²) >= 11 is 0. The third-order valence-electron chi connectivity index (χ3n) is 5.29. The average Bonchev–Trinajstić information content (AvgIpc) is 3.36. The first-order chi connectivity index (χ1) is 14.9. The lowest BCUT2D eigenvalue weighted by molar-refractivity contribution is 0.0383. The first kappa shape index (κ1) is 21.1. The van der Waals surface area contributed by atoms with Gasteiger partial charge in [0.2, 0.25) is 6.79 Å². The molecule has 2 aromatic rings. The van der Waals surface area contributed by atoms with E-state index in [1.54, 1.807) is 6.26 Å². The molecule has 2 heterocycles. The number of carbonyl (C=O) groups is 1. The number of rotatable bonds is 6. The zero-order valence-corrected chi connectivity index (χ0v) is 18.2. The lowest BCUT2D eigenvalue weighted by Gasteiger charge is -2.30. The van der Waals surface area contributed by atoms with E-state index in [9.17, 15) is 4.79 Å². The molecule has 0 fully saturated rings. The van der Waals surface area contributed by atoms with Crippen LogP contribution in [0.25, 0.3) is 0 Å². The van der Waals surface area contributed by atoms with Crippen LogP contribution in [0.15, 0.2) is 60.9 Å². The highest BCUT2D eigenvalue weighted by molar-refractivity contribution is 5.68. The number of fused-ring (bicyclic) bond motifs is 1. The predicted molar refractivity (Wildman–Crippen MR) is 117 cm³/mol. The largest absolute Gasteiger partial charge is 0.496 e. The molecule has 164 valence electrons. The van der Waals surface area contributed by atoms with Crippen molar-refractivity contribution in [2.24, 2.45) is 5.92 Å². The number of hydrogen-bond acceptors (Lipinski definition) is 5. The summed E-state index contributed by atoms with van der Waals surface area (Å²) in [6.45, 7) is 5.82. The number of alkyl carbamates (subject to hydrolysis) is 1. The molecule has 0 bridgehead atoms. The lowest BCUT2D eigenvalue weighted by atomic mass is 9.88. The Morgan fingerprint density at radius 2 is 1.87 bits per heavy atom. The maximum absolute atomic E-state index is 12.6. The maximum Gasteiger partial charge on any atom is 0.408 e. The van der Waals surface area contributed by atoms with Gasteiger partial charge in [0.1, 0.15) is 11.7 Å². The molecule has 0 spiro atoms. The fraction of sp³-hybridized carbons (Fsp3) is 0.400. The van der Waals surface area contributed by atoms with Crippen LogP contribution in [-0.4, -0.2) is 30.6 Å². The summed E-state index contributed by atoms with van der Waals surface area (Å²) < 4.78 is 22.4. The molecule has 4 rings (SSSR count). The minimum atomic E-state index is -0.567. The lowest BCUT2D eigenvalue weighted by Crippen LogP contribution is -2.49. The molecular weight excluding hydrogens is 394 g/mol. The summed E-state index contributed by atoms with van der Waals surface area (Å²) in [5.41, 5.74) is 1.69. The van der Waals surface area contributed by atoms with Crippen molar-refractivity contribution >= 4 is 6.09 Å². The van der Waals surface area contributed by atoms with Crippen molar-refractivity contribution in [3.8, 4) is 11.5 Å². The van der Waals surface area contributed by atoms with E-state index in [-0.39, 0.29) is 24.9 Å². The Labute approximate surface area is 183 Å². The highest BCUT2D eigenvalue weighted by Crippen LogP contribution is 2.34. The molecular formula is C25H29NO5. The second-order valence-corrected chi connectivity index (χ2v) is 8.93. The van der Waals surface area contributed by atoms with E-state index in [4.69, 9.17) is 18.9 Å². The van der Waals surface area contributed by atoms with E-state index >= 15 is 0 Å². The summed E-state index contributed by atoms with van der Waals surface area (Å²) in [6.07, 6.45) is 4.55. The van der Waals surface area contributed by atoms with Gasteiger partial charge in [-0.05, 0) is 62.9 Å². The molecule has 31 heavy (non-hydrogen) atoms. The molecule has 0 unspecified atom stereocenters. The second-order valence-electron chi connectivity index (χ2n) is 8.93.